The molecule has 2 heterocycles. The minimum Gasteiger partial charge on any atom is -0.487 e. The maximum atomic E-state index is 12.5. The molecule has 1 fully saturated rings. The summed E-state index contributed by atoms with van der Waals surface area (Å²) in [4.78, 5) is 30.5. The van der Waals surface area contributed by atoms with Crippen LogP contribution in [0.3, 0.4) is 0 Å². The molecule has 1 aliphatic heterocycles. The molecule has 8 heteroatoms. The quantitative estimate of drug-likeness (QED) is 0.580. The van der Waals surface area contributed by atoms with Crippen LogP contribution < -0.4 is 15.0 Å². The smallest absolute Gasteiger partial charge is 0.255 e. The first kappa shape index (κ1) is 20.4. The van der Waals surface area contributed by atoms with Crippen LogP contribution in [-0.4, -0.2) is 23.3 Å². The Kier molecular flexibility index (Phi) is 6.01. The number of aryl methyl sites for hydroxylation is 1. The van der Waals surface area contributed by atoms with Crippen LogP contribution in [0.1, 0.15) is 33.9 Å². The molecule has 0 bridgehead atoms. The fraction of sp³-hybridized carbons (Fsp3) is 0.227. The molecule has 6 nitrogen and oxygen atoms in total. The molecule has 0 unspecified atom stereocenters. The third-order valence-electron chi connectivity index (χ3n) is 4.74. The zero-order valence-electron chi connectivity index (χ0n) is 16.4. The number of ether oxygens (including phenoxy) is 1. The summed E-state index contributed by atoms with van der Waals surface area (Å²) in [7, 11) is 0. The van der Waals surface area contributed by atoms with Gasteiger partial charge in [-0.15, -0.1) is 11.3 Å². The first-order chi connectivity index (χ1) is 14.5. The average molecular weight is 442 g/mol. The van der Waals surface area contributed by atoms with Crippen LogP contribution in [0.15, 0.2) is 47.8 Å². The highest BCUT2D eigenvalue weighted by molar-refractivity contribution is 7.09. The van der Waals surface area contributed by atoms with Crippen molar-refractivity contribution in [3.8, 4) is 5.75 Å². The zero-order valence-corrected chi connectivity index (χ0v) is 17.9. The normalized spacial score (nSPS) is 13.5. The molecule has 30 heavy (non-hydrogen) atoms. The van der Waals surface area contributed by atoms with Gasteiger partial charge in [-0.25, -0.2) is 4.98 Å². The molecular formula is C22H20ClN3O3S. The van der Waals surface area contributed by atoms with Gasteiger partial charge in [0, 0.05) is 29.6 Å². The van der Waals surface area contributed by atoms with E-state index in [1.165, 1.54) is 0 Å². The molecule has 0 atom stereocenters. The van der Waals surface area contributed by atoms with Gasteiger partial charge in [0.15, 0.2) is 0 Å². The van der Waals surface area contributed by atoms with E-state index in [2.05, 4.69) is 10.3 Å². The second-order valence-electron chi connectivity index (χ2n) is 6.94. The van der Waals surface area contributed by atoms with Crippen molar-refractivity contribution in [1.82, 2.24) is 4.98 Å². The third kappa shape index (κ3) is 4.63. The van der Waals surface area contributed by atoms with Gasteiger partial charge in [0.25, 0.3) is 5.91 Å². The number of hydrogen-bond donors (Lipinski definition) is 1. The highest BCUT2D eigenvalue weighted by atomic mass is 35.5. The molecule has 2 amide bonds. The van der Waals surface area contributed by atoms with Crippen LogP contribution in [0, 0.1) is 6.92 Å². The molecule has 1 aromatic heterocycles. The summed E-state index contributed by atoms with van der Waals surface area (Å²) >= 11 is 7.93. The highest BCUT2D eigenvalue weighted by Crippen LogP contribution is 2.32. The van der Waals surface area contributed by atoms with Crippen LogP contribution in [0.5, 0.6) is 5.75 Å². The minimum atomic E-state index is -0.252. The van der Waals surface area contributed by atoms with Crippen molar-refractivity contribution in [3.05, 3.63) is 69.1 Å². The van der Waals surface area contributed by atoms with Gasteiger partial charge in [0.05, 0.1) is 21.4 Å². The Bertz CT molecular complexity index is 1080. The van der Waals surface area contributed by atoms with Crippen molar-refractivity contribution in [2.45, 2.75) is 26.4 Å². The molecule has 1 aliphatic rings. The number of benzene rings is 2. The number of nitrogens with zero attached hydrogens (tertiary/aromatic N) is 2. The fourth-order valence-electron chi connectivity index (χ4n) is 3.24. The topological polar surface area (TPSA) is 71.5 Å². The summed E-state index contributed by atoms with van der Waals surface area (Å²) in [5.41, 5.74) is 2.63. The van der Waals surface area contributed by atoms with Crippen molar-refractivity contribution in [2.24, 2.45) is 0 Å². The molecule has 154 valence electrons. The van der Waals surface area contributed by atoms with E-state index in [1.807, 2.05) is 12.3 Å². The summed E-state index contributed by atoms with van der Waals surface area (Å²) < 4.78 is 5.71. The average Bonchev–Trinajstić information content (AvgIpc) is 3.35. The van der Waals surface area contributed by atoms with Crippen LogP contribution in [0.4, 0.5) is 11.4 Å². The van der Waals surface area contributed by atoms with Crippen molar-refractivity contribution < 1.29 is 14.3 Å². The van der Waals surface area contributed by atoms with Gasteiger partial charge in [-0.3, -0.25) is 9.59 Å². The predicted octanol–water partition coefficient (Wildman–Crippen LogP) is 5.06. The third-order valence-corrected chi connectivity index (χ3v) is 5.86. The first-order valence-electron chi connectivity index (χ1n) is 9.55. The van der Waals surface area contributed by atoms with Crippen LogP contribution in [0.2, 0.25) is 5.02 Å². The SMILES string of the molecule is Cc1nc(COc2ccc(C(=O)Nc3ccc(N4CCCC4=O)c(Cl)c3)cc2)cs1. The minimum absolute atomic E-state index is 0.0703. The van der Waals surface area contributed by atoms with E-state index in [9.17, 15) is 9.59 Å². The Morgan fingerprint density at radius 3 is 2.70 bits per heavy atom. The van der Waals surface area contributed by atoms with E-state index in [1.54, 1.807) is 58.7 Å². The number of carbonyl (C=O) groups excluding carboxylic acids is 2. The molecule has 3 aromatic rings. The van der Waals surface area contributed by atoms with Gasteiger partial charge in [-0.2, -0.15) is 0 Å². The van der Waals surface area contributed by atoms with Gasteiger partial charge < -0.3 is 15.0 Å². The van der Waals surface area contributed by atoms with Crippen molar-refractivity contribution in [2.75, 3.05) is 16.8 Å². The Morgan fingerprint density at radius 2 is 2.07 bits per heavy atom. The van der Waals surface area contributed by atoms with Crippen LogP contribution in [0.25, 0.3) is 0 Å². The highest BCUT2D eigenvalue weighted by Gasteiger charge is 2.23. The van der Waals surface area contributed by atoms with Crippen LogP contribution >= 0.6 is 22.9 Å². The number of rotatable bonds is 6. The maximum absolute atomic E-state index is 12.5. The molecule has 0 saturated carbocycles. The number of amides is 2. The summed E-state index contributed by atoms with van der Waals surface area (Å²) in [5.74, 6) is 0.485. The van der Waals surface area contributed by atoms with Gasteiger partial charge in [-0.05, 0) is 55.8 Å². The lowest BCUT2D eigenvalue weighted by Crippen LogP contribution is -2.24. The molecule has 0 aliphatic carbocycles. The number of aromatic nitrogens is 1. The summed E-state index contributed by atoms with van der Waals surface area (Å²) in [6.07, 6.45) is 1.37. The first-order valence-corrected chi connectivity index (χ1v) is 10.8. The van der Waals surface area contributed by atoms with E-state index in [0.29, 0.717) is 47.3 Å². The summed E-state index contributed by atoms with van der Waals surface area (Å²) in [5, 5.41) is 6.23. The Morgan fingerprint density at radius 1 is 1.27 bits per heavy atom. The van der Waals surface area contributed by atoms with E-state index >= 15 is 0 Å². The van der Waals surface area contributed by atoms with Crippen molar-refractivity contribution in [1.29, 1.82) is 0 Å². The van der Waals surface area contributed by atoms with E-state index < -0.39 is 0 Å². The number of nitrogens with one attached hydrogen (secondary N) is 1. The lowest BCUT2D eigenvalue weighted by molar-refractivity contribution is -0.117. The zero-order chi connectivity index (χ0) is 21.1. The Balaban J connectivity index is 1.37. The lowest BCUT2D eigenvalue weighted by atomic mass is 10.2. The van der Waals surface area contributed by atoms with Crippen molar-refractivity contribution >= 4 is 46.1 Å². The standard InChI is InChI=1S/C22H20ClN3O3S/c1-14-24-17(13-30-14)12-29-18-7-4-15(5-8-18)22(28)25-16-6-9-20(19(23)11-16)26-10-2-3-21(26)27/h4-9,11,13H,2-3,10,12H2,1H3,(H,25,28). The summed E-state index contributed by atoms with van der Waals surface area (Å²) in [6.45, 7) is 3.01. The number of hydrogen-bond acceptors (Lipinski definition) is 5. The Hall–Kier alpha value is -2.90. The second kappa shape index (κ2) is 8.85. The van der Waals surface area contributed by atoms with Crippen LogP contribution in [-0.2, 0) is 11.4 Å². The fourth-order valence-corrected chi connectivity index (χ4v) is 4.12. The molecule has 4 rings (SSSR count). The van der Waals surface area contributed by atoms with Gasteiger partial charge in [0.1, 0.15) is 12.4 Å². The number of halogens is 1. The van der Waals surface area contributed by atoms with Gasteiger partial charge in [-0.1, -0.05) is 11.6 Å². The predicted molar refractivity (Wildman–Crippen MR) is 119 cm³/mol. The lowest BCUT2D eigenvalue weighted by Gasteiger charge is -2.18. The molecule has 0 spiro atoms. The molecule has 1 N–H and O–H groups in total. The largest absolute Gasteiger partial charge is 0.487 e. The molecular weight excluding hydrogens is 422 g/mol. The number of anilines is 2. The molecule has 2 aromatic carbocycles. The molecule has 1 saturated heterocycles. The molecule has 0 radical (unpaired) electrons. The van der Waals surface area contributed by atoms with Crippen molar-refractivity contribution in [3.63, 3.8) is 0 Å². The number of carbonyl (C=O) groups is 2. The monoisotopic (exact) mass is 441 g/mol. The second-order valence-corrected chi connectivity index (χ2v) is 8.41. The van der Waals surface area contributed by atoms with E-state index in [4.69, 9.17) is 16.3 Å². The Labute approximate surface area is 183 Å². The maximum Gasteiger partial charge on any atom is 0.255 e. The van der Waals surface area contributed by atoms with E-state index in [0.717, 1.165) is 17.1 Å². The summed E-state index contributed by atoms with van der Waals surface area (Å²) in [6, 6.07) is 12.1. The van der Waals surface area contributed by atoms with Gasteiger partial charge in [0.2, 0.25) is 5.91 Å². The number of thiazole rings is 1. The van der Waals surface area contributed by atoms with E-state index in [-0.39, 0.29) is 11.8 Å². The van der Waals surface area contributed by atoms with Gasteiger partial charge >= 0.3 is 0 Å².